The third kappa shape index (κ3) is 5.41. The summed E-state index contributed by atoms with van der Waals surface area (Å²) in [5, 5.41) is 2.49. The zero-order chi connectivity index (χ0) is 38.6. The van der Waals surface area contributed by atoms with Crippen LogP contribution < -0.4 is 4.90 Å². The number of nitrogens with zero attached hydrogens (tertiary/aromatic N) is 2. The molecule has 2 nitrogen and oxygen atoms in total. The molecule has 1 heterocycles. The lowest BCUT2D eigenvalue weighted by atomic mass is 9.74. The Hall–Kier alpha value is -7.42. The van der Waals surface area contributed by atoms with Crippen LogP contribution in [0.5, 0.6) is 0 Å². The van der Waals surface area contributed by atoms with Crippen molar-refractivity contribution in [3.05, 3.63) is 241 Å². The highest BCUT2D eigenvalue weighted by molar-refractivity contribution is 6.10. The molecule has 10 aromatic rings. The molecular weight excluding hydrogens is 701 g/mol. The van der Waals surface area contributed by atoms with Gasteiger partial charge in [0.15, 0.2) is 0 Å². The second kappa shape index (κ2) is 13.7. The van der Waals surface area contributed by atoms with Crippen LogP contribution in [-0.2, 0) is 5.41 Å². The third-order valence-corrected chi connectivity index (χ3v) is 12.3. The van der Waals surface area contributed by atoms with Crippen molar-refractivity contribution in [1.29, 1.82) is 0 Å². The van der Waals surface area contributed by atoms with Crippen LogP contribution in [-0.4, -0.2) is 4.57 Å². The van der Waals surface area contributed by atoms with Gasteiger partial charge >= 0.3 is 0 Å². The van der Waals surface area contributed by atoms with Crippen LogP contribution in [0.3, 0.4) is 0 Å². The molecule has 274 valence electrons. The van der Waals surface area contributed by atoms with E-state index in [1.165, 1.54) is 71.9 Å². The zero-order valence-electron chi connectivity index (χ0n) is 32.3. The van der Waals surface area contributed by atoms with Crippen molar-refractivity contribution in [3.63, 3.8) is 0 Å². The molecule has 0 spiro atoms. The summed E-state index contributed by atoms with van der Waals surface area (Å²) in [7, 11) is 0. The Labute approximate surface area is 339 Å². The quantitative estimate of drug-likeness (QED) is 0.158. The number of rotatable bonds is 7. The van der Waals surface area contributed by atoms with Crippen molar-refractivity contribution >= 4 is 38.9 Å². The Balaban J connectivity index is 0.995. The molecule has 0 fully saturated rings. The van der Waals surface area contributed by atoms with Gasteiger partial charge in [0.2, 0.25) is 0 Å². The molecule has 58 heavy (non-hydrogen) atoms. The summed E-state index contributed by atoms with van der Waals surface area (Å²) < 4.78 is 2.40. The van der Waals surface area contributed by atoms with Crippen LogP contribution >= 0.6 is 0 Å². The first-order valence-corrected chi connectivity index (χ1v) is 20.1. The van der Waals surface area contributed by atoms with Crippen LogP contribution in [0.15, 0.2) is 224 Å². The molecule has 1 unspecified atom stereocenters. The summed E-state index contributed by atoms with van der Waals surface area (Å²) in [6.45, 7) is 2.38. The molecule has 1 aliphatic rings. The van der Waals surface area contributed by atoms with Gasteiger partial charge in [0.05, 0.1) is 11.0 Å². The molecule has 9 aromatic carbocycles. The molecule has 0 saturated heterocycles. The Bertz CT molecular complexity index is 3110. The second-order valence-electron chi connectivity index (χ2n) is 15.5. The average molecular weight is 741 g/mol. The third-order valence-electron chi connectivity index (χ3n) is 12.3. The van der Waals surface area contributed by atoms with E-state index in [0.717, 1.165) is 22.7 Å². The lowest BCUT2D eigenvalue weighted by Gasteiger charge is -2.31. The van der Waals surface area contributed by atoms with Crippen molar-refractivity contribution in [1.82, 2.24) is 4.57 Å². The van der Waals surface area contributed by atoms with Crippen LogP contribution in [0, 0.1) is 0 Å². The van der Waals surface area contributed by atoms with Crippen molar-refractivity contribution in [2.45, 2.75) is 12.3 Å². The lowest BCUT2D eigenvalue weighted by Crippen LogP contribution is -2.22. The van der Waals surface area contributed by atoms with E-state index in [-0.39, 0.29) is 5.41 Å². The number of hydrogen-bond donors (Lipinski definition) is 0. The minimum atomic E-state index is -0.276. The van der Waals surface area contributed by atoms with E-state index in [1.807, 2.05) is 0 Å². The van der Waals surface area contributed by atoms with E-state index >= 15 is 0 Å². The van der Waals surface area contributed by atoms with Gasteiger partial charge in [-0.1, -0.05) is 158 Å². The lowest BCUT2D eigenvalue weighted by molar-refractivity contribution is 0.714. The van der Waals surface area contributed by atoms with Gasteiger partial charge in [0, 0.05) is 38.9 Å². The number of anilines is 3. The number of aromatic nitrogens is 1. The fourth-order valence-electron chi connectivity index (χ4n) is 9.41. The maximum absolute atomic E-state index is 2.42. The van der Waals surface area contributed by atoms with Gasteiger partial charge in [-0.05, 0) is 124 Å². The van der Waals surface area contributed by atoms with Gasteiger partial charge in [-0.3, -0.25) is 0 Å². The summed E-state index contributed by atoms with van der Waals surface area (Å²) in [4.78, 5) is 2.39. The fraction of sp³-hybridized carbons (Fsp3) is 0.0357. The van der Waals surface area contributed by atoms with Crippen LogP contribution in [0.2, 0.25) is 0 Å². The maximum atomic E-state index is 2.42. The van der Waals surface area contributed by atoms with E-state index in [9.17, 15) is 0 Å². The van der Waals surface area contributed by atoms with Gasteiger partial charge < -0.3 is 9.47 Å². The molecule has 1 aromatic heterocycles. The van der Waals surface area contributed by atoms with Crippen molar-refractivity contribution in [2.75, 3.05) is 4.90 Å². The normalized spacial score (nSPS) is 14.4. The first kappa shape index (κ1) is 33.9. The van der Waals surface area contributed by atoms with Gasteiger partial charge in [-0.15, -0.1) is 0 Å². The number of para-hydroxylation sites is 2. The summed E-state index contributed by atoms with van der Waals surface area (Å²) in [6.07, 6.45) is 0. The van der Waals surface area contributed by atoms with Crippen molar-refractivity contribution in [2.24, 2.45) is 0 Å². The Morgan fingerprint density at radius 2 is 0.931 bits per heavy atom. The summed E-state index contributed by atoms with van der Waals surface area (Å²) in [5.41, 5.74) is 18.1. The molecule has 0 N–H and O–H groups in total. The van der Waals surface area contributed by atoms with Crippen molar-refractivity contribution in [3.8, 4) is 39.1 Å². The zero-order valence-corrected chi connectivity index (χ0v) is 32.3. The van der Waals surface area contributed by atoms with E-state index in [2.05, 4.69) is 241 Å². The maximum Gasteiger partial charge on any atom is 0.0541 e. The molecule has 1 aliphatic carbocycles. The highest BCUT2D eigenvalue weighted by atomic mass is 15.1. The Morgan fingerprint density at radius 1 is 0.362 bits per heavy atom. The van der Waals surface area contributed by atoms with Crippen LogP contribution in [0.4, 0.5) is 17.1 Å². The Morgan fingerprint density at radius 3 is 1.74 bits per heavy atom. The summed E-state index contributed by atoms with van der Waals surface area (Å²) in [6, 6.07) is 81.9. The molecule has 0 aliphatic heterocycles. The summed E-state index contributed by atoms with van der Waals surface area (Å²) in [5.74, 6) is 0. The fourth-order valence-corrected chi connectivity index (χ4v) is 9.41. The minimum Gasteiger partial charge on any atom is -0.310 e. The first-order chi connectivity index (χ1) is 28.6. The molecule has 0 radical (unpaired) electrons. The molecule has 0 bridgehead atoms. The molecule has 0 amide bonds. The van der Waals surface area contributed by atoms with Gasteiger partial charge in [0.25, 0.3) is 0 Å². The van der Waals surface area contributed by atoms with E-state index in [1.54, 1.807) is 0 Å². The number of hydrogen-bond acceptors (Lipinski definition) is 1. The topological polar surface area (TPSA) is 8.17 Å². The number of fused-ring (bicyclic) bond motifs is 6. The highest BCUT2D eigenvalue weighted by Crippen LogP contribution is 2.54. The van der Waals surface area contributed by atoms with Gasteiger partial charge in [-0.25, -0.2) is 0 Å². The largest absolute Gasteiger partial charge is 0.310 e. The van der Waals surface area contributed by atoms with Crippen molar-refractivity contribution < 1.29 is 0 Å². The monoisotopic (exact) mass is 740 g/mol. The Kier molecular flexibility index (Phi) is 7.97. The van der Waals surface area contributed by atoms with Crippen LogP contribution in [0.25, 0.3) is 60.9 Å². The SMILES string of the molecule is CC1(c2ccccc2)c2ccccc2-c2ccc(N(c3ccccc3)c3ccc(-c4ccc5c(c4)c4ccccc4n5-c4cccc(-c5ccccc5)c4)cc3)cc21. The molecule has 11 rings (SSSR count). The highest BCUT2D eigenvalue weighted by Gasteiger charge is 2.41. The van der Waals surface area contributed by atoms with Crippen LogP contribution in [0.1, 0.15) is 23.6 Å². The molecule has 0 saturated carbocycles. The molecular formula is C56H40N2. The molecule has 1 atom stereocenters. The van der Waals surface area contributed by atoms with E-state index in [4.69, 9.17) is 0 Å². The van der Waals surface area contributed by atoms with E-state index in [0.29, 0.717) is 0 Å². The standard InChI is InChI=1S/C56H40N2/c1-56(43-19-7-3-8-20-43)52-26-13-11-24-48(52)49-34-33-47(38-53(49)56)57(44-21-9-4-10-22-44)45-31-28-40(29-32-45)42-30-35-55-51(37-42)50-25-12-14-27-54(50)58(55)46-23-15-18-41(36-46)39-16-5-2-6-17-39/h2-38H,1H3. The second-order valence-corrected chi connectivity index (χ2v) is 15.5. The van der Waals surface area contributed by atoms with E-state index < -0.39 is 0 Å². The average Bonchev–Trinajstić information content (AvgIpc) is 3.77. The predicted octanol–water partition coefficient (Wildman–Crippen LogP) is 14.9. The summed E-state index contributed by atoms with van der Waals surface area (Å²) >= 11 is 0. The smallest absolute Gasteiger partial charge is 0.0541 e. The van der Waals surface area contributed by atoms with Gasteiger partial charge in [-0.2, -0.15) is 0 Å². The number of benzene rings is 9. The first-order valence-electron chi connectivity index (χ1n) is 20.1. The minimum absolute atomic E-state index is 0.276. The van der Waals surface area contributed by atoms with Gasteiger partial charge in [0.1, 0.15) is 0 Å². The molecule has 2 heteroatoms. The predicted molar refractivity (Wildman–Crippen MR) is 244 cm³/mol.